The number of aliphatic carboxylic acids is 1. The second-order valence-corrected chi connectivity index (χ2v) is 15.3. The fourth-order valence-corrected chi connectivity index (χ4v) is 6.27. The molecule has 0 aromatic carbocycles. The lowest BCUT2D eigenvalue weighted by Gasteiger charge is -2.31. The molecule has 49 heavy (non-hydrogen) atoms. The van der Waals surface area contributed by atoms with Crippen molar-refractivity contribution in [3.05, 3.63) is 0 Å². The molecule has 0 spiro atoms. The van der Waals surface area contributed by atoms with Crippen LogP contribution in [0, 0.1) is 0 Å². The van der Waals surface area contributed by atoms with E-state index in [1.807, 2.05) is 21.1 Å². The summed E-state index contributed by atoms with van der Waals surface area (Å²) in [7, 11) is 5.52. The van der Waals surface area contributed by atoms with Gasteiger partial charge < -0.3 is 23.8 Å². The third kappa shape index (κ3) is 32.0. The molecule has 0 bridgehead atoms. The molecular formula is C41H80NO7+. The first kappa shape index (κ1) is 47.3. The highest BCUT2D eigenvalue weighted by Gasteiger charge is 2.31. The van der Waals surface area contributed by atoms with E-state index in [-0.39, 0.29) is 36.2 Å². The molecule has 0 fully saturated rings. The van der Waals surface area contributed by atoms with Crippen LogP contribution in [0.3, 0.4) is 0 Å². The smallest absolute Gasteiger partial charge is 0.362 e. The Bertz CT molecular complexity index is 782. The van der Waals surface area contributed by atoms with E-state index in [4.69, 9.17) is 14.2 Å². The highest BCUT2D eigenvalue weighted by atomic mass is 16.6. The van der Waals surface area contributed by atoms with Crippen molar-refractivity contribution in [3.8, 4) is 0 Å². The molecule has 1 N–H and O–H groups in total. The zero-order valence-electron chi connectivity index (χ0n) is 32.9. The van der Waals surface area contributed by atoms with Gasteiger partial charge in [-0.05, 0) is 12.8 Å². The molecule has 8 nitrogen and oxygen atoms in total. The van der Waals surface area contributed by atoms with Crippen LogP contribution in [-0.4, -0.2) is 80.6 Å². The van der Waals surface area contributed by atoms with Gasteiger partial charge >= 0.3 is 17.9 Å². The number of unbranched alkanes of at least 4 members (excludes halogenated alkanes) is 23. The lowest BCUT2D eigenvalue weighted by Crippen LogP contribution is -2.50. The first-order chi connectivity index (χ1) is 23.6. The molecule has 0 aliphatic carbocycles. The maximum Gasteiger partial charge on any atom is 0.362 e. The summed E-state index contributed by atoms with van der Waals surface area (Å²) < 4.78 is 17.2. The average Bonchev–Trinajstić information content (AvgIpc) is 3.05. The van der Waals surface area contributed by atoms with Gasteiger partial charge in [0.25, 0.3) is 0 Å². The number of hydrogen-bond acceptors (Lipinski definition) is 6. The standard InChI is InChI=1S/C41H79NO7/c1-6-8-10-12-14-15-16-17-18-19-20-21-22-23-24-26-28-30-32-40(44)49-37(35-47-34-33-38(41(45)46)42(3,4)5)36-48-39(43)31-29-27-25-13-11-9-7-2/h37-38H,6-36H2,1-5H3/p+1. The largest absolute Gasteiger partial charge is 0.477 e. The number of carbonyl (C=O) groups is 3. The monoisotopic (exact) mass is 699 g/mol. The third-order valence-electron chi connectivity index (χ3n) is 9.51. The van der Waals surface area contributed by atoms with E-state index in [0.29, 0.717) is 19.3 Å². The summed E-state index contributed by atoms with van der Waals surface area (Å²) >= 11 is 0. The number of likely N-dealkylation sites (N-methyl/N-ethyl adjacent to an activating group) is 1. The molecule has 0 aromatic heterocycles. The van der Waals surface area contributed by atoms with Crippen molar-refractivity contribution < 1.29 is 38.2 Å². The molecule has 0 heterocycles. The molecule has 0 saturated carbocycles. The van der Waals surface area contributed by atoms with Crippen LogP contribution in [0.15, 0.2) is 0 Å². The van der Waals surface area contributed by atoms with Crippen LogP contribution in [0.1, 0.15) is 194 Å². The van der Waals surface area contributed by atoms with E-state index < -0.39 is 18.1 Å². The van der Waals surface area contributed by atoms with Crippen molar-refractivity contribution in [1.82, 2.24) is 0 Å². The minimum atomic E-state index is -0.872. The second-order valence-electron chi connectivity index (χ2n) is 15.3. The number of carboxylic acids is 1. The van der Waals surface area contributed by atoms with Gasteiger partial charge in [0.1, 0.15) is 6.61 Å². The molecule has 2 atom stereocenters. The average molecular weight is 699 g/mol. The van der Waals surface area contributed by atoms with Gasteiger partial charge in [-0.3, -0.25) is 9.59 Å². The van der Waals surface area contributed by atoms with Gasteiger partial charge in [0.05, 0.1) is 34.4 Å². The van der Waals surface area contributed by atoms with Gasteiger partial charge in [0.2, 0.25) is 0 Å². The number of quaternary nitrogens is 1. The van der Waals surface area contributed by atoms with Crippen LogP contribution in [0.5, 0.6) is 0 Å². The molecule has 0 aliphatic rings. The van der Waals surface area contributed by atoms with Gasteiger partial charge in [0, 0.05) is 19.3 Å². The Kier molecular flexibility index (Phi) is 32.3. The quantitative estimate of drug-likeness (QED) is 0.0392. The number of carbonyl (C=O) groups excluding carboxylic acids is 2. The molecule has 0 radical (unpaired) electrons. The number of nitrogens with zero attached hydrogens (tertiary/aromatic N) is 1. The van der Waals surface area contributed by atoms with Crippen molar-refractivity contribution in [2.75, 3.05) is 41.0 Å². The Labute approximate surface area is 302 Å². The molecule has 8 heteroatoms. The van der Waals surface area contributed by atoms with Crippen molar-refractivity contribution >= 4 is 17.9 Å². The highest BCUT2D eigenvalue weighted by Crippen LogP contribution is 2.16. The van der Waals surface area contributed by atoms with Crippen molar-refractivity contribution in [2.45, 2.75) is 206 Å². The van der Waals surface area contributed by atoms with Crippen molar-refractivity contribution in [2.24, 2.45) is 0 Å². The zero-order valence-corrected chi connectivity index (χ0v) is 32.9. The highest BCUT2D eigenvalue weighted by molar-refractivity contribution is 5.72. The molecule has 0 saturated heterocycles. The van der Waals surface area contributed by atoms with Gasteiger partial charge in [-0.15, -0.1) is 0 Å². The normalized spacial score (nSPS) is 12.9. The number of hydrogen-bond donors (Lipinski definition) is 1. The molecule has 0 amide bonds. The zero-order chi connectivity index (χ0) is 36.4. The van der Waals surface area contributed by atoms with E-state index in [1.165, 1.54) is 122 Å². The first-order valence-corrected chi connectivity index (χ1v) is 20.6. The number of carboxylic acid groups (broad SMARTS) is 1. The lowest BCUT2D eigenvalue weighted by atomic mass is 10.0. The fourth-order valence-electron chi connectivity index (χ4n) is 6.27. The minimum Gasteiger partial charge on any atom is -0.477 e. The van der Waals surface area contributed by atoms with Gasteiger partial charge in [-0.25, -0.2) is 4.79 Å². The summed E-state index contributed by atoms with van der Waals surface area (Å²) in [6.45, 7) is 4.71. The summed E-state index contributed by atoms with van der Waals surface area (Å²) in [6.07, 6.45) is 31.6. The van der Waals surface area contributed by atoms with Crippen LogP contribution in [0.2, 0.25) is 0 Å². The van der Waals surface area contributed by atoms with Crippen molar-refractivity contribution in [1.29, 1.82) is 0 Å². The van der Waals surface area contributed by atoms with Crippen LogP contribution in [-0.2, 0) is 28.6 Å². The minimum absolute atomic E-state index is 0.0438. The molecular weight excluding hydrogens is 618 g/mol. The number of ether oxygens (including phenoxy) is 3. The molecule has 0 rings (SSSR count). The topological polar surface area (TPSA) is 99.1 Å². The van der Waals surface area contributed by atoms with E-state index in [1.54, 1.807) is 0 Å². The van der Waals surface area contributed by atoms with Crippen molar-refractivity contribution in [3.63, 3.8) is 0 Å². The summed E-state index contributed by atoms with van der Waals surface area (Å²) in [4.78, 5) is 36.7. The van der Waals surface area contributed by atoms with Crippen LogP contribution >= 0.6 is 0 Å². The molecule has 0 aromatic rings. The summed E-state index contributed by atoms with van der Waals surface area (Å²) in [5.41, 5.74) is 0. The Morgan fingerprint density at radius 2 is 0.898 bits per heavy atom. The predicted octanol–water partition coefficient (Wildman–Crippen LogP) is 10.6. The van der Waals surface area contributed by atoms with Gasteiger partial charge in [-0.1, -0.05) is 162 Å². The van der Waals surface area contributed by atoms with E-state index in [0.717, 1.165) is 38.5 Å². The SMILES string of the molecule is CCCCCCCCCCCCCCCCCCCCC(=O)OC(COCCC(C(=O)O)[N+](C)(C)C)COC(=O)CCCCCCCCC. The maximum absolute atomic E-state index is 12.7. The van der Waals surface area contributed by atoms with E-state index in [2.05, 4.69) is 13.8 Å². The van der Waals surface area contributed by atoms with E-state index >= 15 is 0 Å². The maximum atomic E-state index is 12.7. The third-order valence-corrected chi connectivity index (χ3v) is 9.51. The van der Waals surface area contributed by atoms with E-state index in [9.17, 15) is 19.5 Å². The van der Waals surface area contributed by atoms with Gasteiger partial charge in [-0.2, -0.15) is 0 Å². The Morgan fingerprint density at radius 3 is 1.27 bits per heavy atom. The fraction of sp³-hybridized carbons (Fsp3) is 0.927. The predicted molar refractivity (Wildman–Crippen MR) is 202 cm³/mol. The summed E-state index contributed by atoms with van der Waals surface area (Å²) in [5.74, 6) is -1.46. The molecule has 2 unspecified atom stereocenters. The van der Waals surface area contributed by atoms with Gasteiger partial charge in [0.15, 0.2) is 12.1 Å². The van der Waals surface area contributed by atoms with Crippen LogP contribution < -0.4 is 0 Å². The Balaban J connectivity index is 4.22. The summed E-state index contributed by atoms with van der Waals surface area (Å²) in [6, 6.07) is -0.606. The second kappa shape index (κ2) is 33.5. The number of rotatable bonds is 37. The Hall–Kier alpha value is -1.67. The number of esters is 2. The lowest BCUT2D eigenvalue weighted by molar-refractivity contribution is -0.887. The molecule has 290 valence electrons. The van der Waals surface area contributed by atoms with Crippen LogP contribution in [0.25, 0.3) is 0 Å². The molecule has 0 aliphatic heterocycles. The van der Waals surface area contributed by atoms with Crippen LogP contribution in [0.4, 0.5) is 0 Å². The first-order valence-electron chi connectivity index (χ1n) is 20.6. The Morgan fingerprint density at radius 1 is 0.531 bits per heavy atom. The summed E-state index contributed by atoms with van der Waals surface area (Å²) in [5, 5.41) is 9.57.